The minimum Gasteiger partial charge on any atom is -0.394 e. The number of aromatic nitrogens is 3. The zero-order valence-electron chi connectivity index (χ0n) is 14.9. The minimum atomic E-state index is -0.330. The predicted octanol–water partition coefficient (Wildman–Crippen LogP) is 1.29. The van der Waals surface area contributed by atoms with Crippen LogP contribution in [-0.4, -0.2) is 38.7 Å². The number of amides is 1. The molecule has 1 heterocycles. The van der Waals surface area contributed by atoms with Gasteiger partial charge in [0.15, 0.2) is 0 Å². The first-order chi connectivity index (χ1) is 13.2. The highest BCUT2D eigenvalue weighted by atomic mass is 16.3. The molecule has 1 atom stereocenters. The maximum absolute atomic E-state index is 12.4. The quantitative estimate of drug-likeness (QED) is 0.626. The van der Waals surface area contributed by atoms with Gasteiger partial charge < -0.3 is 10.4 Å². The molecule has 0 radical (unpaired) electrons. The van der Waals surface area contributed by atoms with Crippen LogP contribution in [0.2, 0.25) is 0 Å². The summed E-state index contributed by atoms with van der Waals surface area (Å²) in [6.45, 7) is 0.183. The number of fused-ring (bicyclic) bond motifs is 1. The van der Waals surface area contributed by atoms with Crippen molar-refractivity contribution in [2.75, 3.05) is 6.61 Å². The minimum absolute atomic E-state index is 0.129. The third kappa shape index (κ3) is 4.98. The molecule has 0 saturated heterocycles. The van der Waals surface area contributed by atoms with Crippen molar-refractivity contribution in [3.05, 3.63) is 70.5 Å². The first kappa shape index (κ1) is 18.7. The number of hydrogen-bond donors (Lipinski definition) is 2. The molecule has 0 bridgehead atoms. The number of nitrogens with zero attached hydrogens (tertiary/aromatic N) is 3. The van der Waals surface area contributed by atoms with Crippen LogP contribution in [0.15, 0.2) is 59.4 Å². The second-order valence-corrected chi connectivity index (χ2v) is 6.38. The third-order valence-electron chi connectivity index (χ3n) is 4.31. The third-order valence-corrected chi connectivity index (χ3v) is 4.31. The van der Waals surface area contributed by atoms with Crippen LogP contribution in [0.3, 0.4) is 0 Å². The second-order valence-electron chi connectivity index (χ2n) is 6.38. The summed E-state index contributed by atoms with van der Waals surface area (Å²) in [5.74, 6) is -0.160. The molecule has 1 amide bonds. The summed E-state index contributed by atoms with van der Waals surface area (Å²) in [6.07, 6.45) is 1.27. The van der Waals surface area contributed by atoms with E-state index in [-0.39, 0.29) is 30.5 Å². The van der Waals surface area contributed by atoms with E-state index in [1.807, 2.05) is 30.3 Å². The van der Waals surface area contributed by atoms with Gasteiger partial charge in [0.25, 0.3) is 5.56 Å². The van der Waals surface area contributed by atoms with Gasteiger partial charge in [-0.05, 0) is 30.5 Å². The molecule has 7 heteroatoms. The summed E-state index contributed by atoms with van der Waals surface area (Å²) < 4.78 is 1.28. The van der Waals surface area contributed by atoms with Crippen LogP contribution in [0.1, 0.15) is 18.4 Å². The molecule has 0 aliphatic heterocycles. The summed E-state index contributed by atoms with van der Waals surface area (Å²) in [4.78, 5) is 24.5. The molecule has 27 heavy (non-hydrogen) atoms. The Hall–Kier alpha value is -3.06. The van der Waals surface area contributed by atoms with Crippen LogP contribution in [0.4, 0.5) is 0 Å². The second kappa shape index (κ2) is 9.05. The van der Waals surface area contributed by atoms with Crippen molar-refractivity contribution in [2.45, 2.75) is 31.8 Å². The molecule has 3 aromatic rings. The number of hydrogen-bond acceptors (Lipinski definition) is 5. The van der Waals surface area contributed by atoms with Crippen molar-refractivity contribution in [3.8, 4) is 0 Å². The molecule has 0 spiro atoms. The zero-order valence-corrected chi connectivity index (χ0v) is 14.9. The number of aryl methyl sites for hydroxylation is 1. The van der Waals surface area contributed by atoms with Gasteiger partial charge >= 0.3 is 0 Å². The molecule has 1 aromatic heterocycles. The van der Waals surface area contributed by atoms with E-state index in [4.69, 9.17) is 0 Å². The van der Waals surface area contributed by atoms with Crippen molar-refractivity contribution in [1.82, 2.24) is 20.3 Å². The fourth-order valence-electron chi connectivity index (χ4n) is 2.92. The van der Waals surface area contributed by atoms with Gasteiger partial charge in [-0.25, -0.2) is 4.68 Å². The molecular weight excluding hydrogens is 344 g/mol. The molecule has 2 N–H and O–H groups in total. The Labute approximate surface area is 156 Å². The molecule has 1 unspecified atom stereocenters. The van der Waals surface area contributed by atoms with Gasteiger partial charge in [-0.1, -0.05) is 47.7 Å². The van der Waals surface area contributed by atoms with Gasteiger partial charge in [-0.2, -0.15) is 0 Å². The maximum atomic E-state index is 12.4. The van der Waals surface area contributed by atoms with E-state index in [0.29, 0.717) is 30.3 Å². The van der Waals surface area contributed by atoms with E-state index in [2.05, 4.69) is 15.6 Å². The lowest BCUT2D eigenvalue weighted by atomic mass is 10.1. The lowest BCUT2D eigenvalue weighted by molar-refractivity contribution is -0.122. The number of nitrogens with one attached hydrogen (secondary N) is 1. The molecule has 3 rings (SSSR count). The summed E-state index contributed by atoms with van der Waals surface area (Å²) in [6, 6.07) is 16.4. The molecule has 140 valence electrons. The van der Waals surface area contributed by atoms with E-state index >= 15 is 0 Å². The average molecular weight is 366 g/mol. The normalized spacial score (nSPS) is 12.0. The van der Waals surface area contributed by atoms with E-state index < -0.39 is 0 Å². The SMILES string of the molecule is O=C(CCCn1nnc2ccccc2c1=O)NC(CO)Cc1ccccc1. The summed E-state index contributed by atoms with van der Waals surface area (Å²) in [5, 5.41) is 20.8. The monoisotopic (exact) mass is 366 g/mol. The number of carbonyl (C=O) groups is 1. The summed E-state index contributed by atoms with van der Waals surface area (Å²) >= 11 is 0. The number of aliphatic hydroxyl groups excluding tert-OH is 1. The molecule has 0 saturated carbocycles. The Kier molecular flexibility index (Phi) is 6.27. The lowest BCUT2D eigenvalue weighted by Gasteiger charge is -2.16. The lowest BCUT2D eigenvalue weighted by Crippen LogP contribution is -2.39. The van der Waals surface area contributed by atoms with E-state index in [0.717, 1.165) is 5.56 Å². The first-order valence-corrected chi connectivity index (χ1v) is 8.94. The highest BCUT2D eigenvalue weighted by molar-refractivity contribution is 5.77. The van der Waals surface area contributed by atoms with Gasteiger partial charge in [-0.15, -0.1) is 5.10 Å². The van der Waals surface area contributed by atoms with E-state index in [1.54, 1.807) is 24.3 Å². The van der Waals surface area contributed by atoms with Crippen molar-refractivity contribution in [2.24, 2.45) is 0 Å². The highest BCUT2D eigenvalue weighted by Crippen LogP contribution is 2.05. The Morgan fingerprint density at radius 3 is 2.63 bits per heavy atom. The Balaban J connectivity index is 1.52. The van der Waals surface area contributed by atoms with E-state index in [9.17, 15) is 14.7 Å². The molecule has 0 aliphatic carbocycles. The van der Waals surface area contributed by atoms with Crippen molar-refractivity contribution in [3.63, 3.8) is 0 Å². The van der Waals surface area contributed by atoms with Crippen LogP contribution in [-0.2, 0) is 17.8 Å². The maximum Gasteiger partial charge on any atom is 0.277 e. The van der Waals surface area contributed by atoms with Crippen molar-refractivity contribution >= 4 is 16.8 Å². The summed E-state index contributed by atoms with van der Waals surface area (Å²) in [7, 11) is 0. The average Bonchev–Trinajstić information content (AvgIpc) is 2.70. The fourth-order valence-corrected chi connectivity index (χ4v) is 2.92. The molecule has 0 fully saturated rings. The van der Waals surface area contributed by atoms with Gasteiger partial charge in [0.1, 0.15) is 5.52 Å². The largest absolute Gasteiger partial charge is 0.394 e. The topological polar surface area (TPSA) is 97.1 Å². The van der Waals surface area contributed by atoms with Crippen LogP contribution in [0.5, 0.6) is 0 Å². The summed E-state index contributed by atoms with van der Waals surface area (Å²) in [5.41, 5.74) is 1.40. The predicted molar refractivity (Wildman–Crippen MR) is 102 cm³/mol. The Bertz CT molecular complexity index is 956. The number of rotatable bonds is 8. The van der Waals surface area contributed by atoms with Gasteiger partial charge in [-0.3, -0.25) is 9.59 Å². The first-order valence-electron chi connectivity index (χ1n) is 8.94. The smallest absolute Gasteiger partial charge is 0.277 e. The fraction of sp³-hybridized carbons (Fsp3) is 0.300. The zero-order chi connectivity index (χ0) is 19.1. The van der Waals surface area contributed by atoms with Crippen LogP contribution >= 0.6 is 0 Å². The van der Waals surface area contributed by atoms with Crippen molar-refractivity contribution in [1.29, 1.82) is 0 Å². The van der Waals surface area contributed by atoms with Gasteiger partial charge in [0.2, 0.25) is 5.91 Å². The highest BCUT2D eigenvalue weighted by Gasteiger charge is 2.12. The molecule has 0 aliphatic rings. The van der Waals surface area contributed by atoms with Crippen molar-refractivity contribution < 1.29 is 9.90 Å². The Morgan fingerprint density at radius 2 is 1.85 bits per heavy atom. The molecule has 7 nitrogen and oxygen atoms in total. The molecular formula is C20H22N4O3. The molecule has 2 aromatic carbocycles. The number of benzene rings is 2. The number of aliphatic hydroxyl groups is 1. The van der Waals surface area contributed by atoms with Crippen LogP contribution in [0.25, 0.3) is 10.9 Å². The van der Waals surface area contributed by atoms with Crippen LogP contribution < -0.4 is 10.9 Å². The Morgan fingerprint density at radius 1 is 1.11 bits per heavy atom. The van der Waals surface area contributed by atoms with Gasteiger partial charge in [0.05, 0.1) is 18.0 Å². The standard InChI is InChI=1S/C20H22N4O3/c25-14-16(13-15-7-2-1-3-8-15)21-19(26)11-6-12-24-20(27)17-9-4-5-10-18(17)22-23-24/h1-5,7-10,16,25H,6,11-14H2,(H,21,26). The number of carbonyl (C=O) groups excluding carboxylic acids is 1. The van der Waals surface area contributed by atoms with Crippen LogP contribution in [0, 0.1) is 0 Å². The van der Waals surface area contributed by atoms with Gasteiger partial charge in [0, 0.05) is 13.0 Å². The van der Waals surface area contributed by atoms with E-state index in [1.165, 1.54) is 4.68 Å².